The van der Waals surface area contributed by atoms with E-state index in [4.69, 9.17) is 23.9 Å². The maximum absolute atomic E-state index is 12.9. The van der Waals surface area contributed by atoms with Gasteiger partial charge in [-0.25, -0.2) is 14.5 Å². The van der Waals surface area contributed by atoms with Crippen molar-refractivity contribution < 1.29 is 43.3 Å². The average molecular weight is 844 g/mol. The van der Waals surface area contributed by atoms with Crippen LogP contribution in [0.3, 0.4) is 0 Å². The van der Waals surface area contributed by atoms with Crippen molar-refractivity contribution in [1.29, 1.82) is 0 Å². The summed E-state index contributed by atoms with van der Waals surface area (Å²) in [5.41, 5.74) is 7.09. The third-order valence-corrected chi connectivity index (χ3v) is 12.8. The monoisotopic (exact) mass is 843 g/mol. The van der Waals surface area contributed by atoms with Crippen molar-refractivity contribution in [1.82, 2.24) is 25.2 Å². The molecule has 0 bridgehead atoms. The van der Waals surface area contributed by atoms with Gasteiger partial charge in [0, 0.05) is 36.2 Å². The van der Waals surface area contributed by atoms with Crippen LogP contribution >= 0.6 is 0 Å². The Kier molecular flexibility index (Phi) is 12.0. The molecule has 0 radical (unpaired) electrons. The van der Waals surface area contributed by atoms with Crippen LogP contribution in [0.1, 0.15) is 107 Å². The quantitative estimate of drug-likeness (QED) is 0.115. The maximum atomic E-state index is 12.9. The van der Waals surface area contributed by atoms with Gasteiger partial charge in [-0.1, -0.05) is 25.0 Å². The minimum absolute atomic E-state index is 0.0217. The Labute approximate surface area is 360 Å². The number of nitrogens with zero attached hydrogens (tertiary/aromatic N) is 3. The first kappa shape index (κ1) is 41.2. The predicted octanol–water partition coefficient (Wildman–Crippen LogP) is 6.01. The fourth-order valence-corrected chi connectivity index (χ4v) is 9.55. The first-order valence-corrected chi connectivity index (χ1v) is 21.8. The molecule has 14 nitrogen and oxygen atoms in total. The Balaban J connectivity index is 0.000000158. The summed E-state index contributed by atoms with van der Waals surface area (Å²) < 4.78 is 26.6. The van der Waals surface area contributed by atoms with Crippen LogP contribution < -0.4 is 34.1 Å². The van der Waals surface area contributed by atoms with Crippen LogP contribution in [0.25, 0.3) is 22.1 Å². The molecule has 10 rings (SSSR count). The molecule has 5 N–H and O–H groups in total. The van der Waals surface area contributed by atoms with Crippen LogP contribution in [0.5, 0.6) is 23.0 Å². The van der Waals surface area contributed by atoms with Crippen LogP contribution in [0.2, 0.25) is 0 Å². The first-order valence-electron chi connectivity index (χ1n) is 21.8. The lowest BCUT2D eigenvalue weighted by molar-refractivity contribution is -0.654. The second-order valence-electron chi connectivity index (χ2n) is 16.9. The van der Waals surface area contributed by atoms with Gasteiger partial charge < -0.3 is 44.4 Å². The van der Waals surface area contributed by atoms with E-state index >= 15 is 0 Å². The molecule has 4 unspecified atom stereocenters. The number of carbonyl (C=O) groups excluding carboxylic acids is 2. The molecular weight excluding hydrogens is 789 g/mol. The number of aromatic nitrogens is 4. The summed E-state index contributed by atoms with van der Waals surface area (Å²) in [7, 11) is 4.10. The number of amides is 2. The van der Waals surface area contributed by atoms with Gasteiger partial charge in [-0.3, -0.25) is 9.59 Å². The number of aryl methyl sites for hydroxylation is 2. The standard InChI is InChI=1S/2C24H27N3O4/c1-27-20-7-5-15(14-28)11-19(20)26-23(27)16-3-2-4-18(12-16)25-24(29)17-6-8-21-22(13-17)31-10-9-30-21;1-27-20-11-15(14-28)5-7-19(20)26-23(27)16-3-2-4-18(12-16)25-24(29)17-6-8-21-22(13-17)31-10-9-30-21/h2*5-8,11,13,16,18,28H,2-4,9-10,12,14H2,1H3,(H,25,29)/p+1. The molecule has 62 heavy (non-hydrogen) atoms. The Morgan fingerprint density at radius 1 is 0.710 bits per heavy atom. The molecule has 2 saturated carbocycles. The topological polar surface area (TPSA) is 173 Å². The van der Waals surface area contributed by atoms with Gasteiger partial charge in [0.25, 0.3) is 17.6 Å². The van der Waals surface area contributed by atoms with E-state index in [2.05, 4.69) is 31.8 Å². The Morgan fingerprint density at radius 3 is 1.87 bits per heavy atom. The molecule has 2 aromatic heterocycles. The van der Waals surface area contributed by atoms with Gasteiger partial charge in [-0.2, -0.15) is 0 Å². The number of aliphatic hydroxyl groups is 2. The van der Waals surface area contributed by atoms with Gasteiger partial charge in [-0.05, 0) is 110 Å². The van der Waals surface area contributed by atoms with Gasteiger partial charge in [0.2, 0.25) is 0 Å². The summed E-state index contributed by atoms with van der Waals surface area (Å²) in [4.78, 5) is 34.2. The molecule has 4 aromatic carbocycles. The van der Waals surface area contributed by atoms with Crippen molar-refractivity contribution in [2.24, 2.45) is 14.1 Å². The minimum atomic E-state index is -0.0831. The van der Waals surface area contributed by atoms with Gasteiger partial charge in [0.1, 0.15) is 32.3 Å². The molecule has 2 amide bonds. The number of ether oxygens (including phenoxy) is 4. The number of hydrogen-bond donors (Lipinski definition) is 5. The van der Waals surface area contributed by atoms with Crippen molar-refractivity contribution in [3.8, 4) is 23.0 Å². The molecule has 0 spiro atoms. The summed E-state index contributed by atoms with van der Waals surface area (Å²) in [6.07, 6.45) is 7.95. The van der Waals surface area contributed by atoms with Gasteiger partial charge in [-0.15, -0.1) is 0 Å². The second kappa shape index (κ2) is 18.1. The molecule has 0 saturated heterocycles. The van der Waals surface area contributed by atoms with Gasteiger partial charge in [0.05, 0.1) is 37.2 Å². The lowest BCUT2D eigenvalue weighted by atomic mass is 9.85. The van der Waals surface area contributed by atoms with E-state index < -0.39 is 0 Å². The lowest BCUT2D eigenvalue weighted by Gasteiger charge is -2.29. The number of nitrogens with one attached hydrogen (secondary N) is 3. The number of fused-ring (bicyclic) bond motifs is 4. The molecule has 4 atom stereocenters. The van der Waals surface area contributed by atoms with Crippen molar-refractivity contribution >= 4 is 33.9 Å². The number of imidazole rings is 2. The Hall–Kier alpha value is -6.12. The van der Waals surface area contributed by atoms with Crippen LogP contribution in [0, 0.1) is 0 Å². The predicted molar refractivity (Wildman–Crippen MR) is 232 cm³/mol. The van der Waals surface area contributed by atoms with Gasteiger partial charge >= 0.3 is 0 Å². The van der Waals surface area contributed by atoms with E-state index in [1.54, 1.807) is 36.4 Å². The first-order chi connectivity index (χ1) is 30.2. The Morgan fingerprint density at radius 2 is 1.26 bits per heavy atom. The summed E-state index contributed by atoms with van der Waals surface area (Å²) in [5.74, 6) is 5.32. The zero-order valence-electron chi connectivity index (χ0n) is 35.3. The second-order valence-corrected chi connectivity index (χ2v) is 16.9. The van der Waals surface area contributed by atoms with Crippen LogP contribution in [-0.4, -0.2) is 75.1 Å². The average Bonchev–Trinajstić information content (AvgIpc) is 3.83. The SMILES string of the molecule is C[n+]1c(C2CCCC(NC(=O)c3ccc4c(c3)OCCO4)C2)[nH]c2cc(CO)ccc21.Cn1c(C2CCCC(NC(=O)c3ccc4c(c3)OCCO4)C2)nc2ccc(CO)cc21. The van der Waals surface area contributed by atoms with E-state index in [1.165, 1.54) is 5.82 Å². The van der Waals surface area contributed by atoms with Crippen molar-refractivity contribution in [3.63, 3.8) is 0 Å². The molecule has 2 fully saturated rings. The summed E-state index contributed by atoms with van der Waals surface area (Å²) in [6, 6.07) is 22.8. The summed E-state index contributed by atoms with van der Waals surface area (Å²) in [5, 5.41) is 25.3. The molecule has 4 aliphatic rings. The third-order valence-electron chi connectivity index (χ3n) is 12.8. The van der Waals surface area contributed by atoms with E-state index in [-0.39, 0.29) is 43.0 Å². The fraction of sp³-hybridized carbons (Fsp3) is 0.417. The third kappa shape index (κ3) is 8.66. The normalized spacial score (nSPS) is 20.6. The number of benzene rings is 4. The van der Waals surface area contributed by atoms with Crippen molar-refractivity contribution in [3.05, 3.63) is 107 Å². The molecule has 6 aromatic rings. The van der Waals surface area contributed by atoms with E-state index in [0.29, 0.717) is 66.5 Å². The van der Waals surface area contributed by atoms with Crippen molar-refractivity contribution in [2.75, 3.05) is 26.4 Å². The largest absolute Gasteiger partial charge is 0.486 e. The van der Waals surface area contributed by atoms with Crippen LogP contribution in [-0.2, 0) is 27.3 Å². The molecular formula is C48H55N6O8+. The highest BCUT2D eigenvalue weighted by Gasteiger charge is 2.32. The summed E-state index contributed by atoms with van der Waals surface area (Å²) >= 11 is 0. The number of hydrogen-bond acceptors (Lipinski definition) is 9. The van der Waals surface area contributed by atoms with E-state index in [0.717, 1.165) is 90.4 Å². The number of aromatic amines is 1. The molecule has 2 aliphatic heterocycles. The van der Waals surface area contributed by atoms with Crippen LogP contribution in [0.15, 0.2) is 72.8 Å². The highest BCUT2D eigenvalue weighted by atomic mass is 16.6. The maximum Gasteiger partial charge on any atom is 0.258 e. The lowest BCUT2D eigenvalue weighted by Crippen LogP contribution is -2.41. The smallest absolute Gasteiger partial charge is 0.258 e. The highest BCUT2D eigenvalue weighted by molar-refractivity contribution is 5.95. The van der Waals surface area contributed by atoms with Gasteiger partial charge in [0.15, 0.2) is 34.0 Å². The van der Waals surface area contributed by atoms with Crippen LogP contribution in [0.4, 0.5) is 0 Å². The van der Waals surface area contributed by atoms with Crippen molar-refractivity contribution in [2.45, 2.75) is 88.5 Å². The minimum Gasteiger partial charge on any atom is -0.486 e. The molecule has 4 heterocycles. The highest BCUT2D eigenvalue weighted by Crippen LogP contribution is 2.36. The number of carbonyl (C=O) groups is 2. The number of rotatable bonds is 8. The number of aliphatic hydroxyl groups excluding tert-OH is 2. The Bertz CT molecular complexity index is 2510. The number of H-pyrrole nitrogens is 1. The molecule has 324 valence electrons. The zero-order chi connectivity index (χ0) is 42.7. The fourth-order valence-electron chi connectivity index (χ4n) is 9.55. The van der Waals surface area contributed by atoms with E-state index in [9.17, 15) is 19.8 Å². The summed E-state index contributed by atoms with van der Waals surface area (Å²) in [6.45, 7) is 2.13. The molecule has 2 aliphatic carbocycles. The van der Waals surface area contributed by atoms with E-state index in [1.807, 2.05) is 43.4 Å². The zero-order valence-corrected chi connectivity index (χ0v) is 35.3. The molecule has 14 heteroatoms.